The molecule has 0 rings (SSSR count). The average molecular weight is 237 g/mol. The molecule has 4 nitrogen and oxygen atoms in total. The predicted molar refractivity (Wildman–Crippen MR) is 29.0 cm³/mol. The van der Waals surface area contributed by atoms with Gasteiger partial charge >= 0.3 is 11.9 Å². The first kappa shape index (κ1) is 12.1. The molecule has 0 bridgehead atoms. The Labute approximate surface area is 71.2 Å². The quantitative estimate of drug-likeness (QED) is 0.527. The molecule has 5 heteroatoms. The minimum atomic E-state index is -1.24. The van der Waals surface area contributed by atoms with Crippen molar-refractivity contribution in [3.05, 3.63) is 11.6 Å². The Kier molecular flexibility index (Phi) is 6.21. The maximum atomic E-state index is 9.90. The predicted octanol–water partition coefficient (Wildman–Crippen LogP) is 0.0994. The van der Waals surface area contributed by atoms with Gasteiger partial charge in [-0.2, -0.15) is 0 Å². The summed E-state index contributed by atoms with van der Waals surface area (Å²) in [7, 11) is 0. The number of aliphatic carboxylic acids is 2. The molecule has 60 valence electrons. The van der Waals surface area contributed by atoms with E-state index in [4.69, 9.17) is 10.2 Å². The van der Waals surface area contributed by atoms with Gasteiger partial charge in [0.1, 0.15) is 0 Å². The van der Waals surface area contributed by atoms with Gasteiger partial charge in [0, 0.05) is 32.1 Å². The van der Waals surface area contributed by atoms with Gasteiger partial charge in [-0.25, -0.2) is 9.59 Å². The van der Waals surface area contributed by atoms with Gasteiger partial charge in [-0.15, -0.1) is 0 Å². The van der Waals surface area contributed by atoms with Crippen molar-refractivity contribution in [3.8, 4) is 0 Å². The second-order valence-corrected chi connectivity index (χ2v) is 1.47. The Hall–Kier alpha value is -0.658. The Morgan fingerprint density at radius 2 is 1.70 bits per heavy atom. The normalized spacial score (nSPS) is 9.90. The SMILES string of the molecule is C/C(=C/C(=O)O)C(=O)O.[Pd]. The van der Waals surface area contributed by atoms with Crippen molar-refractivity contribution < 1.29 is 40.2 Å². The minimum absolute atomic E-state index is 0. The van der Waals surface area contributed by atoms with E-state index < -0.39 is 11.9 Å². The van der Waals surface area contributed by atoms with Crippen LogP contribution in [-0.4, -0.2) is 22.2 Å². The smallest absolute Gasteiger partial charge is 0.331 e. The van der Waals surface area contributed by atoms with Gasteiger partial charge in [-0.05, 0) is 6.92 Å². The van der Waals surface area contributed by atoms with Crippen molar-refractivity contribution >= 4 is 11.9 Å². The second kappa shape index (κ2) is 5.15. The van der Waals surface area contributed by atoms with E-state index in [2.05, 4.69) is 0 Å². The van der Waals surface area contributed by atoms with Gasteiger partial charge in [0.05, 0.1) is 0 Å². The van der Waals surface area contributed by atoms with Crippen molar-refractivity contribution in [2.45, 2.75) is 6.92 Å². The molecule has 0 heterocycles. The second-order valence-electron chi connectivity index (χ2n) is 1.47. The van der Waals surface area contributed by atoms with Crippen molar-refractivity contribution in [3.63, 3.8) is 0 Å². The van der Waals surface area contributed by atoms with Gasteiger partial charge in [0.25, 0.3) is 0 Å². The Balaban J connectivity index is 0. The molecule has 0 aliphatic heterocycles. The van der Waals surface area contributed by atoms with Crippen LogP contribution in [0.4, 0.5) is 0 Å². The monoisotopic (exact) mass is 236 g/mol. The first-order valence-electron chi connectivity index (χ1n) is 2.18. The van der Waals surface area contributed by atoms with E-state index in [9.17, 15) is 9.59 Å². The molecule has 0 spiro atoms. The summed E-state index contributed by atoms with van der Waals surface area (Å²) in [4.78, 5) is 19.7. The van der Waals surface area contributed by atoms with Crippen molar-refractivity contribution in [2.75, 3.05) is 0 Å². The molecule has 0 aliphatic rings. The van der Waals surface area contributed by atoms with Gasteiger partial charge < -0.3 is 10.2 Å². The molecule has 10 heavy (non-hydrogen) atoms. The van der Waals surface area contributed by atoms with Crippen molar-refractivity contribution in [1.82, 2.24) is 0 Å². The first-order chi connectivity index (χ1) is 4.04. The van der Waals surface area contributed by atoms with E-state index in [1.54, 1.807) is 0 Å². The summed E-state index contributed by atoms with van der Waals surface area (Å²) in [5.74, 6) is -2.45. The van der Waals surface area contributed by atoms with Crippen LogP contribution in [0.1, 0.15) is 6.92 Å². The third-order valence-corrected chi connectivity index (χ3v) is 0.677. The van der Waals surface area contributed by atoms with E-state index in [-0.39, 0.29) is 26.0 Å². The molecular weight excluding hydrogens is 230 g/mol. The number of carboxylic acid groups (broad SMARTS) is 2. The van der Waals surface area contributed by atoms with E-state index in [1.165, 1.54) is 6.92 Å². The van der Waals surface area contributed by atoms with Crippen LogP contribution in [0.15, 0.2) is 11.6 Å². The van der Waals surface area contributed by atoms with Crippen LogP contribution in [0, 0.1) is 0 Å². The summed E-state index contributed by atoms with van der Waals surface area (Å²) in [6.45, 7) is 1.22. The van der Waals surface area contributed by atoms with Crippen molar-refractivity contribution in [2.24, 2.45) is 0 Å². The Morgan fingerprint density at radius 3 is 1.80 bits per heavy atom. The molecule has 0 radical (unpaired) electrons. The van der Waals surface area contributed by atoms with E-state index in [0.717, 1.165) is 0 Å². The minimum Gasteiger partial charge on any atom is -0.478 e. The molecular formula is C5H6O4Pd. The van der Waals surface area contributed by atoms with Gasteiger partial charge in [-0.1, -0.05) is 0 Å². The summed E-state index contributed by atoms with van der Waals surface area (Å²) in [5.41, 5.74) is -0.178. The van der Waals surface area contributed by atoms with Crippen LogP contribution in [0.2, 0.25) is 0 Å². The number of hydrogen-bond acceptors (Lipinski definition) is 2. The molecule has 0 saturated heterocycles. The molecule has 0 aromatic rings. The summed E-state index contributed by atoms with van der Waals surface area (Å²) in [6, 6.07) is 0. The fraction of sp³-hybridized carbons (Fsp3) is 0.200. The van der Waals surface area contributed by atoms with Crippen LogP contribution >= 0.6 is 0 Å². The molecule has 0 amide bonds. The van der Waals surface area contributed by atoms with E-state index in [1.807, 2.05) is 0 Å². The average Bonchev–Trinajstić information content (AvgIpc) is 1.63. The largest absolute Gasteiger partial charge is 0.478 e. The summed E-state index contributed by atoms with van der Waals surface area (Å²) < 4.78 is 0. The third-order valence-electron chi connectivity index (χ3n) is 0.677. The molecule has 0 fully saturated rings. The maximum absolute atomic E-state index is 9.90. The molecule has 0 aromatic carbocycles. The Morgan fingerprint density at radius 1 is 1.30 bits per heavy atom. The molecule has 0 unspecified atom stereocenters. The molecule has 0 atom stereocenters. The number of hydrogen-bond donors (Lipinski definition) is 2. The fourth-order valence-electron chi connectivity index (χ4n) is 0.247. The molecule has 0 aromatic heterocycles. The van der Waals surface area contributed by atoms with Crippen molar-refractivity contribution in [1.29, 1.82) is 0 Å². The van der Waals surface area contributed by atoms with E-state index >= 15 is 0 Å². The van der Waals surface area contributed by atoms with Crippen LogP contribution in [0.25, 0.3) is 0 Å². The van der Waals surface area contributed by atoms with Crippen LogP contribution in [0.5, 0.6) is 0 Å². The van der Waals surface area contributed by atoms with E-state index in [0.29, 0.717) is 6.08 Å². The van der Waals surface area contributed by atoms with Gasteiger partial charge in [0.15, 0.2) is 0 Å². The summed E-state index contributed by atoms with van der Waals surface area (Å²) in [5, 5.41) is 16.1. The topological polar surface area (TPSA) is 74.6 Å². The standard InChI is InChI=1S/C5H6O4.Pd/c1-3(5(8)9)2-4(6)7;/h2H,1H3,(H,6,7)(H,8,9);/b3-2-;. The fourth-order valence-corrected chi connectivity index (χ4v) is 0.247. The zero-order valence-corrected chi connectivity index (χ0v) is 6.66. The summed E-state index contributed by atoms with van der Waals surface area (Å²) in [6.07, 6.45) is 0.641. The summed E-state index contributed by atoms with van der Waals surface area (Å²) >= 11 is 0. The number of rotatable bonds is 2. The van der Waals surface area contributed by atoms with Crippen LogP contribution in [0.3, 0.4) is 0 Å². The van der Waals surface area contributed by atoms with Gasteiger partial charge in [0.2, 0.25) is 0 Å². The number of carboxylic acids is 2. The van der Waals surface area contributed by atoms with Crippen LogP contribution < -0.4 is 0 Å². The zero-order chi connectivity index (χ0) is 7.44. The zero-order valence-electron chi connectivity index (χ0n) is 5.10. The number of carbonyl (C=O) groups is 2. The maximum Gasteiger partial charge on any atom is 0.331 e. The molecule has 0 aliphatic carbocycles. The molecule has 2 N–H and O–H groups in total. The third kappa shape index (κ3) is 5.48. The van der Waals surface area contributed by atoms with Gasteiger partial charge in [-0.3, -0.25) is 0 Å². The van der Waals surface area contributed by atoms with Crippen LogP contribution in [-0.2, 0) is 30.0 Å². The first-order valence-corrected chi connectivity index (χ1v) is 2.18. The molecule has 0 saturated carbocycles. The Bertz CT molecular complexity index is 172.